The number of hydrogen-bond donors (Lipinski definition) is 2. The monoisotopic (exact) mass is 313 g/mol. The van der Waals surface area contributed by atoms with Gasteiger partial charge in [-0.15, -0.1) is 10.2 Å². The van der Waals surface area contributed by atoms with Crippen molar-refractivity contribution in [2.45, 2.75) is 48.1 Å². The van der Waals surface area contributed by atoms with Crippen LogP contribution in [0.5, 0.6) is 0 Å². The van der Waals surface area contributed by atoms with Crippen LogP contribution in [0.2, 0.25) is 0 Å². The molecule has 1 unspecified atom stereocenters. The maximum absolute atomic E-state index is 12.0. The van der Waals surface area contributed by atoms with Crippen LogP contribution in [0.15, 0.2) is 4.34 Å². The van der Waals surface area contributed by atoms with Crippen LogP contribution in [0.4, 0.5) is 5.13 Å². The highest BCUT2D eigenvalue weighted by molar-refractivity contribution is 8.01. The Balaban J connectivity index is 1.45. The van der Waals surface area contributed by atoms with E-state index in [0.29, 0.717) is 29.0 Å². The van der Waals surface area contributed by atoms with Crippen LogP contribution in [0.25, 0.3) is 0 Å². The fourth-order valence-electron chi connectivity index (χ4n) is 3.20. The van der Waals surface area contributed by atoms with Crippen molar-refractivity contribution in [1.29, 1.82) is 0 Å². The minimum Gasteiger partial charge on any atom is -0.374 e. The minimum atomic E-state index is 0.0812. The second kappa shape index (κ2) is 5.87. The van der Waals surface area contributed by atoms with Gasteiger partial charge in [-0.25, -0.2) is 0 Å². The molecular formula is C12H19N5OS2. The Kier molecular flexibility index (Phi) is 4.13. The Morgan fingerprint density at radius 1 is 1.45 bits per heavy atom. The van der Waals surface area contributed by atoms with E-state index in [4.69, 9.17) is 5.73 Å². The highest BCUT2D eigenvalue weighted by Crippen LogP contribution is 2.34. The molecule has 1 aromatic heterocycles. The summed E-state index contributed by atoms with van der Waals surface area (Å²) in [6, 6.07) is 1.63. The molecule has 3 atom stereocenters. The van der Waals surface area contributed by atoms with Crippen molar-refractivity contribution in [3.63, 3.8) is 0 Å². The average Bonchev–Trinajstić information content (AvgIpc) is 2.89. The van der Waals surface area contributed by atoms with Gasteiger partial charge in [-0.1, -0.05) is 23.1 Å². The summed E-state index contributed by atoms with van der Waals surface area (Å²) in [4.78, 5) is 14.5. The van der Waals surface area contributed by atoms with Crippen LogP contribution < -0.4 is 11.1 Å². The Morgan fingerprint density at radius 2 is 2.15 bits per heavy atom. The van der Waals surface area contributed by atoms with Gasteiger partial charge in [0.1, 0.15) is 0 Å². The predicted octanol–water partition coefficient (Wildman–Crippen LogP) is 0.954. The molecule has 110 valence electrons. The number of nitrogens with zero attached hydrogens (tertiary/aromatic N) is 3. The summed E-state index contributed by atoms with van der Waals surface area (Å²) < 4.78 is 0.751. The molecule has 2 aliphatic heterocycles. The molecule has 1 amide bonds. The number of nitrogens with two attached hydrogens (primary N) is 1. The highest BCUT2D eigenvalue weighted by Gasteiger charge is 2.38. The number of hydrogen-bond acceptors (Lipinski definition) is 7. The summed E-state index contributed by atoms with van der Waals surface area (Å²) in [7, 11) is 2.20. The molecule has 2 fully saturated rings. The molecule has 3 N–H and O–H groups in total. The van der Waals surface area contributed by atoms with E-state index < -0.39 is 0 Å². The van der Waals surface area contributed by atoms with E-state index >= 15 is 0 Å². The van der Waals surface area contributed by atoms with Crippen LogP contribution in [0.3, 0.4) is 0 Å². The molecule has 3 heterocycles. The van der Waals surface area contributed by atoms with Gasteiger partial charge >= 0.3 is 0 Å². The van der Waals surface area contributed by atoms with E-state index in [9.17, 15) is 4.79 Å². The lowest BCUT2D eigenvalue weighted by atomic mass is 9.98. The molecule has 0 aliphatic carbocycles. The first-order valence-electron chi connectivity index (χ1n) is 6.85. The molecule has 3 rings (SSSR count). The summed E-state index contributed by atoms with van der Waals surface area (Å²) in [6.45, 7) is 0. The zero-order valence-corrected chi connectivity index (χ0v) is 13.0. The zero-order valence-electron chi connectivity index (χ0n) is 11.4. The van der Waals surface area contributed by atoms with Crippen LogP contribution in [-0.4, -0.2) is 51.9 Å². The van der Waals surface area contributed by atoms with Gasteiger partial charge < -0.3 is 16.0 Å². The number of anilines is 1. The van der Waals surface area contributed by atoms with Crippen LogP contribution in [-0.2, 0) is 4.79 Å². The number of aromatic nitrogens is 2. The second-order valence-corrected chi connectivity index (χ2v) is 7.71. The largest absolute Gasteiger partial charge is 0.374 e. The first-order valence-corrected chi connectivity index (χ1v) is 8.65. The number of thioether (sulfide) groups is 1. The average molecular weight is 313 g/mol. The zero-order chi connectivity index (χ0) is 14.1. The molecular weight excluding hydrogens is 294 g/mol. The second-order valence-electron chi connectivity index (χ2n) is 5.48. The molecule has 0 spiro atoms. The smallest absolute Gasteiger partial charge is 0.230 e. The van der Waals surface area contributed by atoms with Crippen molar-refractivity contribution >= 4 is 34.1 Å². The van der Waals surface area contributed by atoms with Gasteiger partial charge in [-0.2, -0.15) is 0 Å². The molecule has 1 aromatic rings. The Morgan fingerprint density at radius 3 is 2.75 bits per heavy atom. The molecule has 2 bridgehead atoms. The number of carbonyl (C=O) groups is 1. The summed E-state index contributed by atoms with van der Waals surface area (Å²) in [5.41, 5.74) is 5.51. The van der Waals surface area contributed by atoms with Crippen molar-refractivity contribution < 1.29 is 4.79 Å². The lowest BCUT2D eigenvalue weighted by Gasteiger charge is -2.36. The van der Waals surface area contributed by atoms with Gasteiger partial charge in [0.25, 0.3) is 0 Å². The van der Waals surface area contributed by atoms with Gasteiger partial charge in [0.15, 0.2) is 4.34 Å². The van der Waals surface area contributed by atoms with Crippen molar-refractivity contribution in [3.8, 4) is 0 Å². The van der Waals surface area contributed by atoms with Gasteiger partial charge in [-0.05, 0) is 32.7 Å². The van der Waals surface area contributed by atoms with E-state index in [1.165, 1.54) is 35.9 Å². The van der Waals surface area contributed by atoms with Crippen LogP contribution >= 0.6 is 23.1 Å². The topological polar surface area (TPSA) is 84.1 Å². The molecule has 0 aromatic carbocycles. The third-order valence-corrected chi connectivity index (χ3v) is 6.10. The third-order valence-electron chi connectivity index (χ3n) is 4.21. The van der Waals surface area contributed by atoms with E-state index in [-0.39, 0.29) is 5.91 Å². The van der Waals surface area contributed by atoms with Crippen molar-refractivity contribution in [3.05, 3.63) is 0 Å². The Labute approximate surface area is 126 Å². The van der Waals surface area contributed by atoms with Gasteiger partial charge in [0, 0.05) is 18.1 Å². The van der Waals surface area contributed by atoms with Gasteiger partial charge in [0.05, 0.1) is 5.75 Å². The van der Waals surface area contributed by atoms with Gasteiger partial charge in [-0.3, -0.25) is 4.79 Å². The SMILES string of the molecule is CN1[C@@H]2CC[C@H]1CC(NC(=O)CSc1nnc(N)s1)C2. The quantitative estimate of drug-likeness (QED) is 0.805. The molecule has 2 saturated heterocycles. The van der Waals surface area contributed by atoms with Crippen molar-refractivity contribution in [1.82, 2.24) is 20.4 Å². The lowest BCUT2D eigenvalue weighted by molar-refractivity contribution is -0.119. The predicted molar refractivity (Wildman–Crippen MR) is 80.8 cm³/mol. The lowest BCUT2D eigenvalue weighted by Crippen LogP contribution is -2.49. The van der Waals surface area contributed by atoms with E-state index in [1.807, 2.05) is 0 Å². The molecule has 8 heteroatoms. The number of fused-ring (bicyclic) bond motifs is 2. The fourth-order valence-corrected chi connectivity index (χ4v) is 4.65. The van der Waals surface area contributed by atoms with E-state index in [2.05, 4.69) is 27.5 Å². The van der Waals surface area contributed by atoms with E-state index in [0.717, 1.165) is 17.2 Å². The number of nitrogens with one attached hydrogen (secondary N) is 1. The number of nitrogen functional groups attached to an aromatic ring is 1. The number of amides is 1. The van der Waals surface area contributed by atoms with Crippen molar-refractivity contribution in [2.24, 2.45) is 0 Å². The molecule has 6 nitrogen and oxygen atoms in total. The summed E-state index contributed by atoms with van der Waals surface area (Å²) in [5.74, 6) is 0.466. The third kappa shape index (κ3) is 3.07. The first-order chi connectivity index (χ1) is 9.61. The molecule has 2 aliphatic rings. The summed E-state index contributed by atoms with van der Waals surface area (Å²) >= 11 is 2.72. The maximum Gasteiger partial charge on any atom is 0.230 e. The van der Waals surface area contributed by atoms with E-state index in [1.54, 1.807) is 0 Å². The maximum atomic E-state index is 12.0. The Hall–Kier alpha value is -0.860. The minimum absolute atomic E-state index is 0.0812. The van der Waals surface area contributed by atoms with Crippen LogP contribution in [0, 0.1) is 0 Å². The van der Waals surface area contributed by atoms with Crippen molar-refractivity contribution in [2.75, 3.05) is 18.5 Å². The molecule has 20 heavy (non-hydrogen) atoms. The first kappa shape index (κ1) is 14.1. The summed E-state index contributed by atoms with van der Waals surface area (Å²) in [5, 5.41) is 11.2. The summed E-state index contributed by atoms with van der Waals surface area (Å²) in [6.07, 6.45) is 4.70. The van der Waals surface area contributed by atoms with Crippen LogP contribution in [0.1, 0.15) is 25.7 Å². The molecule has 0 saturated carbocycles. The number of piperidine rings is 1. The van der Waals surface area contributed by atoms with Gasteiger partial charge in [0.2, 0.25) is 11.0 Å². The normalized spacial score (nSPS) is 29.6. The highest BCUT2D eigenvalue weighted by atomic mass is 32.2. The fraction of sp³-hybridized carbons (Fsp3) is 0.750. The number of rotatable bonds is 4. The number of carbonyl (C=O) groups excluding carboxylic acids is 1. The molecule has 0 radical (unpaired) electrons. The Bertz CT molecular complexity index is 480. The standard InChI is InChI=1S/C12H19N5OS2/c1-17-8-2-3-9(17)5-7(4-8)14-10(18)6-19-12-16-15-11(13)20-12/h7-9H,2-6H2,1H3,(H2,13,15)(H,14,18)/t7?,8-,9+.